The zero-order valence-electron chi connectivity index (χ0n) is 15.3. The summed E-state index contributed by atoms with van der Waals surface area (Å²) in [5.74, 6) is 0.453. The van der Waals surface area contributed by atoms with E-state index < -0.39 is 17.6 Å². The molecule has 7 nitrogen and oxygen atoms in total. The molecule has 0 spiro atoms. The molecule has 0 saturated carbocycles. The number of alkyl halides is 3. The zero-order chi connectivity index (χ0) is 20.9. The molecule has 0 radical (unpaired) electrons. The summed E-state index contributed by atoms with van der Waals surface area (Å²) in [5, 5.41) is 6.33. The largest absolute Gasteiger partial charge is 0.494 e. The van der Waals surface area contributed by atoms with Gasteiger partial charge in [0, 0.05) is 0 Å². The Hall–Kier alpha value is -3.56. The lowest BCUT2D eigenvalue weighted by molar-refractivity contribution is -0.137. The molecule has 152 valence electrons. The summed E-state index contributed by atoms with van der Waals surface area (Å²) in [6.45, 7) is 1.99. The van der Waals surface area contributed by atoms with Gasteiger partial charge in [0.25, 0.3) is 5.91 Å². The van der Waals surface area contributed by atoms with Gasteiger partial charge in [-0.2, -0.15) is 18.3 Å². The molecule has 0 fully saturated rings. The third-order valence-electron chi connectivity index (χ3n) is 3.77. The van der Waals surface area contributed by atoms with Crippen LogP contribution >= 0.6 is 0 Å². The van der Waals surface area contributed by atoms with Crippen molar-refractivity contribution in [3.63, 3.8) is 0 Å². The van der Waals surface area contributed by atoms with Crippen LogP contribution in [-0.4, -0.2) is 33.9 Å². The van der Waals surface area contributed by atoms with E-state index in [1.807, 2.05) is 6.92 Å². The fourth-order valence-corrected chi connectivity index (χ4v) is 2.48. The first-order valence-electron chi connectivity index (χ1n) is 8.58. The van der Waals surface area contributed by atoms with E-state index >= 15 is 0 Å². The Labute approximate surface area is 164 Å². The van der Waals surface area contributed by atoms with E-state index in [1.54, 1.807) is 24.3 Å². The third kappa shape index (κ3) is 5.24. The molecular formula is C19H17F3N4O3. The van der Waals surface area contributed by atoms with Gasteiger partial charge in [0.05, 0.1) is 23.5 Å². The number of ether oxygens (including phenoxy) is 2. The highest BCUT2D eigenvalue weighted by molar-refractivity contribution is 5.94. The normalized spacial score (nSPS) is 11.2. The Bertz CT molecular complexity index is 958. The van der Waals surface area contributed by atoms with Crippen molar-refractivity contribution in [2.24, 2.45) is 0 Å². The highest BCUT2D eigenvalue weighted by Crippen LogP contribution is 2.33. The standard InChI is InChI=1S/C19H17F3N4O3/c1-2-28-14-4-6-15(7-5-14)29-10-18(27)25-16-9-13(19(20,21)22)3-8-17(16)26-12-23-11-24-26/h3-9,11-12H,2,10H2,1H3,(H,25,27). The van der Waals surface area contributed by atoms with Gasteiger partial charge in [-0.1, -0.05) is 0 Å². The van der Waals surface area contributed by atoms with Crippen LogP contribution in [0.25, 0.3) is 5.69 Å². The number of benzene rings is 2. The molecule has 0 aliphatic rings. The van der Waals surface area contributed by atoms with Crippen molar-refractivity contribution in [1.82, 2.24) is 14.8 Å². The molecule has 0 saturated heterocycles. The molecule has 3 aromatic rings. The number of aromatic nitrogens is 3. The van der Waals surface area contributed by atoms with E-state index in [-0.39, 0.29) is 18.0 Å². The molecular weight excluding hydrogens is 389 g/mol. The van der Waals surface area contributed by atoms with Crippen LogP contribution < -0.4 is 14.8 Å². The molecule has 3 rings (SSSR count). The number of carbonyl (C=O) groups excluding carboxylic acids is 1. The molecule has 29 heavy (non-hydrogen) atoms. The maximum atomic E-state index is 13.1. The van der Waals surface area contributed by atoms with Crippen molar-refractivity contribution in [2.75, 3.05) is 18.5 Å². The first-order chi connectivity index (χ1) is 13.9. The number of amides is 1. The second-order valence-corrected chi connectivity index (χ2v) is 5.81. The lowest BCUT2D eigenvalue weighted by atomic mass is 10.1. The molecule has 2 aromatic carbocycles. The minimum Gasteiger partial charge on any atom is -0.494 e. The number of rotatable bonds is 7. The highest BCUT2D eigenvalue weighted by Gasteiger charge is 2.31. The lowest BCUT2D eigenvalue weighted by Crippen LogP contribution is -2.21. The maximum absolute atomic E-state index is 13.1. The van der Waals surface area contributed by atoms with Gasteiger partial charge in [-0.15, -0.1) is 0 Å². The average molecular weight is 406 g/mol. The number of halogens is 3. The second kappa shape index (κ2) is 8.63. The Kier molecular flexibility index (Phi) is 6.01. The molecule has 1 aromatic heterocycles. The van der Waals surface area contributed by atoms with Crippen molar-refractivity contribution < 1.29 is 27.4 Å². The van der Waals surface area contributed by atoms with Crippen LogP contribution in [0.1, 0.15) is 12.5 Å². The van der Waals surface area contributed by atoms with E-state index in [0.717, 1.165) is 12.1 Å². The number of anilines is 1. The van der Waals surface area contributed by atoms with Gasteiger partial charge in [0.2, 0.25) is 0 Å². The molecule has 0 aliphatic carbocycles. The smallest absolute Gasteiger partial charge is 0.416 e. The first-order valence-corrected chi connectivity index (χ1v) is 8.58. The predicted octanol–water partition coefficient (Wildman–Crippen LogP) is 3.70. The maximum Gasteiger partial charge on any atom is 0.416 e. The Morgan fingerprint density at radius 3 is 2.38 bits per heavy atom. The molecule has 0 bridgehead atoms. The van der Waals surface area contributed by atoms with Crippen molar-refractivity contribution in [1.29, 1.82) is 0 Å². The molecule has 0 aliphatic heterocycles. The summed E-state index contributed by atoms with van der Waals surface area (Å²) in [6, 6.07) is 9.58. The lowest BCUT2D eigenvalue weighted by Gasteiger charge is -2.14. The monoisotopic (exact) mass is 406 g/mol. The van der Waals surface area contributed by atoms with E-state index in [0.29, 0.717) is 18.1 Å². The van der Waals surface area contributed by atoms with Crippen molar-refractivity contribution in [3.05, 3.63) is 60.7 Å². The number of nitrogens with zero attached hydrogens (tertiary/aromatic N) is 3. The minimum atomic E-state index is -4.56. The van der Waals surface area contributed by atoms with Crippen LogP contribution in [-0.2, 0) is 11.0 Å². The quantitative estimate of drug-likeness (QED) is 0.647. The topological polar surface area (TPSA) is 78.3 Å². The summed E-state index contributed by atoms with van der Waals surface area (Å²) in [6.07, 6.45) is -2.01. The Balaban J connectivity index is 1.72. The van der Waals surface area contributed by atoms with Crippen LogP contribution in [0, 0.1) is 0 Å². The van der Waals surface area contributed by atoms with Gasteiger partial charge in [0.1, 0.15) is 24.2 Å². The summed E-state index contributed by atoms with van der Waals surface area (Å²) >= 11 is 0. The van der Waals surface area contributed by atoms with Gasteiger partial charge < -0.3 is 14.8 Å². The van der Waals surface area contributed by atoms with Crippen molar-refractivity contribution in [3.8, 4) is 17.2 Å². The van der Waals surface area contributed by atoms with Crippen LogP contribution in [0.2, 0.25) is 0 Å². The van der Waals surface area contributed by atoms with Gasteiger partial charge >= 0.3 is 6.18 Å². The van der Waals surface area contributed by atoms with Gasteiger partial charge in [-0.25, -0.2) is 9.67 Å². The fourth-order valence-electron chi connectivity index (χ4n) is 2.48. The first kappa shape index (κ1) is 20.2. The van der Waals surface area contributed by atoms with Crippen LogP contribution in [0.4, 0.5) is 18.9 Å². The molecule has 10 heteroatoms. The van der Waals surface area contributed by atoms with E-state index in [1.165, 1.54) is 23.4 Å². The number of hydrogen-bond donors (Lipinski definition) is 1. The second-order valence-electron chi connectivity index (χ2n) is 5.81. The summed E-state index contributed by atoms with van der Waals surface area (Å²) < 4.78 is 51.1. The Morgan fingerprint density at radius 2 is 1.79 bits per heavy atom. The average Bonchev–Trinajstić information content (AvgIpc) is 3.21. The van der Waals surface area contributed by atoms with Gasteiger partial charge in [0.15, 0.2) is 6.61 Å². The third-order valence-corrected chi connectivity index (χ3v) is 3.77. The predicted molar refractivity (Wildman–Crippen MR) is 98.1 cm³/mol. The van der Waals surface area contributed by atoms with Crippen LogP contribution in [0.15, 0.2) is 55.1 Å². The minimum absolute atomic E-state index is 0.0642. The van der Waals surface area contributed by atoms with Crippen molar-refractivity contribution >= 4 is 11.6 Å². The van der Waals surface area contributed by atoms with Crippen molar-refractivity contribution in [2.45, 2.75) is 13.1 Å². The summed E-state index contributed by atoms with van der Waals surface area (Å²) in [5.41, 5.74) is -0.723. The zero-order valence-corrected chi connectivity index (χ0v) is 15.3. The fraction of sp³-hybridized carbons (Fsp3) is 0.211. The molecule has 1 amide bonds. The SMILES string of the molecule is CCOc1ccc(OCC(=O)Nc2cc(C(F)(F)F)ccc2-n2cncn2)cc1. The molecule has 1 heterocycles. The van der Waals surface area contributed by atoms with E-state index in [9.17, 15) is 18.0 Å². The van der Waals surface area contributed by atoms with E-state index in [4.69, 9.17) is 9.47 Å². The number of hydrogen-bond acceptors (Lipinski definition) is 5. The molecule has 0 atom stereocenters. The molecule has 0 unspecified atom stereocenters. The molecule has 1 N–H and O–H groups in total. The van der Waals surface area contributed by atoms with Crippen LogP contribution in [0.5, 0.6) is 11.5 Å². The van der Waals surface area contributed by atoms with Crippen LogP contribution in [0.3, 0.4) is 0 Å². The number of carbonyl (C=O) groups is 1. The van der Waals surface area contributed by atoms with Gasteiger partial charge in [-0.05, 0) is 49.4 Å². The van der Waals surface area contributed by atoms with Gasteiger partial charge in [-0.3, -0.25) is 4.79 Å². The summed E-state index contributed by atoms with van der Waals surface area (Å²) in [7, 11) is 0. The Morgan fingerprint density at radius 1 is 1.10 bits per heavy atom. The van der Waals surface area contributed by atoms with E-state index in [2.05, 4.69) is 15.4 Å². The summed E-state index contributed by atoms with van der Waals surface area (Å²) in [4.78, 5) is 16.0. The highest BCUT2D eigenvalue weighted by atomic mass is 19.4. The number of nitrogens with one attached hydrogen (secondary N) is 1.